The molecule has 1 aromatic heterocycles. The van der Waals surface area contributed by atoms with Gasteiger partial charge in [0.15, 0.2) is 0 Å². The highest BCUT2D eigenvalue weighted by atomic mass is 35.5. The second-order valence-corrected chi connectivity index (χ2v) is 5.55. The first kappa shape index (κ1) is 15.1. The highest BCUT2D eigenvalue weighted by Crippen LogP contribution is 2.30. The molecule has 1 saturated carbocycles. The summed E-state index contributed by atoms with van der Waals surface area (Å²) >= 11 is 6.16. The van der Waals surface area contributed by atoms with Crippen LogP contribution in [0.1, 0.15) is 50.0 Å². The number of anilines is 1. The van der Waals surface area contributed by atoms with E-state index in [1.807, 2.05) is 11.8 Å². The lowest BCUT2D eigenvalue weighted by atomic mass is 10.2. The topological polar surface area (TPSA) is 45.2 Å². The fraction of sp³-hybridized carbons (Fsp3) is 0.600. The highest BCUT2D eigenvalue weighted by molar-refractivity contribution is 6.33. The molecule has 1 aliphatic carbocycles. The maximum Gasteiger partial charge on any atom is 0.274 e. The summed E-state index contributed by atoms with van der Waals surface area (Å²) in [6.07, 6.45) is 4.29. The van der Waals surface area contributed by atoms with Crippen molar-refractivity contribution in [3.05, 3.63) is 22.8 Å². The molecule has 1 fully saturated rings. The maximum absolute atomic E-state index is 12.7. The predicted molar refractivity (Wildman–Crippen MR) is 82.4 cm³/mol. The molecule has 5 heteroatoms. The lowest BCUT2D eigenvalue weighted by molar-refractivity contribution is 0.0735. The van der Waals surface area contributed by atoms with Gasteiger partial charge >= 0.3 is 0 Å². The molecule has 1 heterocycles. The first-order chi connectivity index (χ1) is 9.67. The van der Waals surface area contributed by atoms with Crippen molar-refractivity contribution in [1.29, 1.82) is 0 Å². The van der Waals surface area contributed by atoms with Crippen LogP contribution in [0.4, 0.5) is 5.82 Å². The number of carbonyl (C=O) groups excluding carboxylic acids is 1. The van der Waals surface area contributed by atoms with Crippen LogP contribution in [-0.4, -0.2) is 34.9 Å². The number of unbranched alkanes of at least 4 members (excludes halogenated alkanes) is 1. The van der Waals surface area contributed by atoms with E-state index in [2.05, 4.69) is 17.2 Å². The summed E-state index contributed by atoms with van der Waals surface area (Å²) in [6, 6.07) is 3.93. The predicted octanol–water partition coefficient (Wildman–Crippen LogP) is 3.57. The minimum Gasteiger partial charge on any atom is -0.370 e. The quantitative estimate of drug-likeness (QED) is 0.836. The third kappa shape index (κ3) is 3.63. The molecule has 4 nitrogen and oxygen atoms in total. The summed E-state index contributed by atoms with van der Waals surface area (Å²) in [5.74, 6) is 0.664. The van der Waals surface area contributed by atoms with Crippen LogP contribution in [-0.2, 0) is 0 Å². The van der Waals surface area contributed by atoms with Crippen LogP contribution < -0.4 is 5.32 Å². The standard InChI is InChI=1S/C15H22ClN3O/c1-3-5-10-19(11-6-7-11)15(20)14-12(16)8-9-13(18-14)17-4-2/h8-9,11H,3-7,10H2,1-2H3,(H,17,18). The smallest absolute Gasteiger partial charge is 0.274 e. The maximum atomic E-state index is 12.7. The average molecular weight is 296 g/mol. The Kier molecular flexibility index (Phi) is 5.24. The number of hydrogen-bond donors (Lipinski definition) is 1. The number of hydrogen-bond acceptors (Lipinski definition) is 3. The SMILES string of the molecule is CCCCN(C(=O)c1nc(NCC)ccc1Cl)C1CC1. The van der Waals surface area contributed by atoms with Gasteiger partial charge in [-0.25, -0.2) is 4.98 Å². The van der Waals surface area contributed by atoms with Crippen LogP contribution in [0.3, 0.4) is 0 Å². The monoisotopic (exact) mass is 295 g/mol. The summed E-state index contributed by atoms with van der Waals surface area (Å²) in [6.45, 7) is 5.69. The van der Waals surface area contributed by atoms with Crippen molar-refractivity contribution in [3.8, 4) is 0 Å². The van der Waals surface area contributed by atoms with E-state index in [-0.39, 0.29) is 5.91 Å². The van der Waals surface area contributed by atoms with E-state index in [0.717, 1.165) is 38.8 Å². The van der Waals surface area contributed by atoms with Crippen molar-refractivity contribution >= 4 is 23.3 Å². The zero-order valence-electron chi connectivity index (χ0n) is 12.2. The highest BCUT2D eigenvalue weighted by Gasteiger charge is 2.33. The van der Waals surface area contributed by atoms with Crippen LogP contribution in [0, 0.1) is 0 Å². The van der Waals surface area contributed by atoms with Crippen molar-refractivity contribution in [1.82, 2.24) is 9.88 Å². The molecule has 110 valence electrons. The molecule has 2 rings (SSSR count). The van der Waals surface area contributed by atoms with Gasteiger partial charge in [-0.1, -0.05) is 24.9 Å². The van der Waals surface area contributed by atoms with Gasteiger partial charge in [-0.3, -0.25) is 4.79 Å². The van der Waals surface area contributed by atoms with Gasteiger partial charge in [-0.15, -0.1) is 0 Å². The van der Waals surface area contributed by atoms with E-state index in [0.29, 0.717) is 22.6 Å². The third-order valence-corrected chi connectivity index (χ3v) is 3.71. The largest absolute Gasteiger partial charge is 0.370 e. The third-order valence-electron chi connectivity index (χ3n) is 3.41. The van der Waals surface area contributed by atoms with Gasteiger partial charge in [-0.05, 0) is 38.3 Å². The average Bonchev–Trinajstić information content (AvgIpc) is 3.26. The molecular formula is C15H22ClN3O. The number of halogens is 1. The second-order valence-electron chi connectivity index (χ2n) is 5.14. The molecule has 1 amide bonds. The van der Waals surface area contributed by atoms with E-state index in [1.54, 1.807) is 12.1 Å². The molecule has 1 aromatic rings. The van der Waals surface area contributed by atoms with Crippen LogP contribution in [0.25, 0.3) is 0 Å². The zero-order chi connectivity index (χ0) is 14.5. The van der Waals surface area contributed by atoms with Crippen molar-refractivity contribution < 1.29 is 4.79 Å². The van der Waals surface area contributed by atoms with E-state index >= 15 is 0 Å². The molecule has 0 aromatic carbocycles. The summed E-state index contributed by atoms with van der Waals surface area (Å²) in [5, 5.41) is 3.55. The van der Waals surface area contributed by atoms with Crippen LogP contribution in [0.5, 0.6) is 0 Å². The molecule has 0 aliphatic heterocycles. The molecule has 0 saturated heterocycles. The minimum absolute atomic E-state index is 0.0364. The van der Waals surface area contributed by atoms with Gasteiger partial charge in [0.2, 0.25) is 0 Å². The van der Waals surface area contributed by atoms with E-state index < -0.39 is 0 Å². The Morgan fingerprint density at radius 3 is 2.80 bits per heavy atom. The van der Waals surface area contributed by atoms with E-state index in [4.69, 9.17) is 11.6 Å². The van der Waals surface area contributed by atoms with Crippen LogP contribution >= 0.6 is 11.6 Å². The Bertz CT molecular complexity index is 474. The Balaban J connectivity index is 2.18. The second kappa shape index (κ2) is 6.93. The Morgan fingerprint density at radius 1 is 1.45 bits per heavy atom. The number of nitrogens with one attached hydrogen (secondary N) is 1. The summed E-state index contributed by atoms with van der Waals surface area (Å²) in [4.78, 5) is 19.0. The first-order valence-corrected chi connectivity index (χ1v) is 7.76. The van der Waals surface area contributed by atoms with Crippen molar-refractivity contribution in [2.75, 3.05) is 18.4 Å². The summed E-state index contributed by atoms with van der Waals surface area (Å²) < 4.78 is 0. The van der Waals surface area contributed by atoms with Crippen LogP contribution in [0.2, 0.25) is 5.02 Å². The van der Waals surface area contributed by atoms with Gasteiger partial charge < -0.3 is 10.2 Å². The number of pyridine rings is 1. The van der Waals surface area contributed by atoms with E-state index in [1.165, 1.54) is 0 Å². The minimum atomic E-state index is -0.0364. The van der Waals surface area contributed by atoms with Gasteiger partial charge in [0.25, 0.3) is 5.91 Å². The number of rotatable bonds is 7. The molecule has 0 bridgehead atoms. The van der Waals surface area contributed by atoms with E-state index in [9.17, 15) is 4.79 Å². The number of nitrogens with zero attached hydrogens (tertiary/aromatic N) is 2. The van der Waals surface area contributed by atoms with Gasteiger partial charge in [0.1, 0.15) is 11.5 Å². The molecule has 0 unspecified atom stereocenters. The fourth-order valence-electron chi connectivity index (χ4n) is 2.17. The molecule has 20 heavy (non-hydrogen) atoms. The summed E-state index contributed by atoms with van der Waals surface area (Å²) in [7, 11) is 0. The summed E-state index contributed by atoms with van der Waals surface area (Å²) in [5.41, 5.74) is 0.369. The first-order valence-electron chi connectivity index (χ1n) is 7.38. The fourth-order valence-corrected chi connectivity index (χ4v) is 2.36. The van der Waals surface area contributed by atoms with Crippen LogP contribution in [0.15, 0.2) is 12.1 Å². The molecule has 0 atom stereocenters. The normalized spacial score (nSPS) is 14.2. The number of amides is 1. The van der Waals surface area contributed by atoms with Crippen molar-refractivity contribution in [2.45, 2.75) is 45.6 Å². The Morgan fingerprint density at radius 2 is 2.20 bits per heavy atom. The molecule has 0 spiro atoms. The van der Waals surface area contributed by atoms with Gasteiger partial charge in [0.05, 0.1) is 5.02 Å². The lowest BCUT2D eigenvalue weighted by Crippen LogP contribution is -2.34. The van der Waals surface area contributed by atoms with Crippen molar-refractivity contribution in [3.63, 3.8) is 0 Å². The van der Waals surface area contributed by atoms with Gasteiger partial charge in [0, 0.05) is 19.1 Å². The number of aromatic nitrogens is 1. The van der Waals surface area contributed by atoms with Crippen molar-refractivity contribution in [2.24, 2.45) is 0 Å². The molecular weight excluding hydrogens is 274 g/mol. The molecule has 1 N–H and O–H groups in total. The number of carbonyl (C=O) groups is 1. The molecule has 1 aliphatic rings. The zero-order valence-corrected chi connectivity index (χ0v) is 12.9. The Labute approximate surface area is 125 Å². The molecule has 0 radical (unpaired) electrons. The Hall–Kier alpha value is -1.29. The van der Waals surface area contributed by atoms with Gasteiger partial charge in [-0.2, -0.15) is 0 Å². The lowest BCUT2D eigenvalue weighted by Gasteiger charge is -2.22.